The van der Waals surface area contributed by atoms with Crippen LogP contribution in [0.5, 0.6) is 5.75 Å². The summed E-state index contributed by atoms with van der Waals surface area (Å²) in [7, 11) is 4.68. The predicted octanol–water partition coefficient (Wildman–Crippen LogP) is 2.38. The SMILES string of the molecule is COc1ccccc1-n1cnc2cc(C(=O)NCC(OC)OC)ccc21. The fourth-order valence-corrected chi connectivity index (χ4v) is 2.72. The van der Waals surface area contributed by atoms with Crippen molar-refractivity contribution in [2.24, 2.45) is 0 Å². The molecule has 0 bridgehead atoms. The highest BCUT2D eigenvalue weighted by atomic mass is 16.7. The molecule has 1 aromatic heterocycles. The first-order valence-corrected chi connectivity index (χ1v) is 8.12. The molecule has 0 radical (unpaired) electrons. The number of aromatic nitrogens is 2. The highest BCUT2D eigenvalue weighted by Gasteiger charge is 2.13. The molecule has 2 aromatic carbocycles. The summed E-state index contributed by atoms with van der Waals surface area (Å²) in [5, 5.41) is 2.78. The average molecular weight is 355 g/mol. The number of fused-ring (bicyclic) bond motifs is 1. The molecule has 0 saturated carbocycles. The molecule has 1 amide bonds. The minimum absolute atomic E-state index is 0.210. The molecule has 0 atom stereocenters. The number of rotatable bonds is 7. The van der Waals surface area contributed by atoms with Gasteiger partial charge in [0.2, 0.25) is 0 Å². The van der Waals surface area contributed by atoms with Crippen LogP contribution in [-0.2, 0) is 9.47 Å². The third kappa shape index (κ3) is 3.54. The fraction of sp³-hybridized carbons (Fsp3) is 0.263. The second kappa shape index (κ2) is 7.99. The highest BCUT2D eigenvalue weighted by Crippen LogP contribution is 2.26. The maximum absolute atomic E-state index is 12.3. The maximum Gasteiger partial charge on any atom is 0.251 e. The van der Waals surface area contributed by atoms with Crippen LogP contribution < -0.4 is 10.1 Å². The lowest BCUT2D eigenvalue weighted by atomic mass is 10.2. The van der Waals surface area contributed by atoms with Gasteiger partial charge >= 0.3 is 0 Å². The topological polar surface area (TPSA) is 74.6 Å². The summed E-state index contributed by atoms with van der Waals surface area (Å²) in [6, 6.07) is 13.1. The van der Waals surface area contributed by atoms with Gasteiger partial charge in [0.05, 0.1) is 30.4 Å². The summed E-state index contributed by atoms with van der Waals surface area (Å²) in [6.45, 7) is 0.263. The Kier molecular flexibility index (Phi) is 5.50. The van der Waals surface area contributed by atoms with Crippen LogP contribution in [0.2, 0.25) is 0 Å². The summed E-state index contributed by atoms with van der Waals surface area (Å²) in [5.74, 6) is 0.539. The molecule has 0 aliphatic heterocycles. The third-order valence-electron chi connectivity index (χ3n) is 4.11. The molecule has 3 rings (SSSR count). The second-order valence-corrected chi connectivity index (χ2v) is 5.60. The molecular formula is C19H21N3O4. The number of nitrogens with one attached hydrogen (secondary N) is 1. The van der Waals surface area contributed by atoms with E-state index in [1.54, 1.807) is 25.6 Å². The molecule has 0 unspecified atom stereocenters. The van der Waals surface area contributed by atoms with E-state index in [0.29, 0.717) is 5.56 Å². The minimum atomic E-state index is -0.479. The van der Waals surface area contributed by atoms with Crippen LogP contribution in [0.1, 0.15) is 10.4 Å². The van der Waals surface area contributed by atoms with Crippen molar-refractivity contribution in [3.63, 3.8) is 0 Å². The molecule has 7 heteroatoms. The normalized spacial score (nSPS) is 11.1. The van der Waals surface area contributed by atoms with Gasteiger partial charge in [-0.1, -0.05) is 12.1 Å². The lowest BCUT2D eigenvalue weighted by Crippen LogP contribution is -2.34. The maximum atomic E-state index is 12.3. The van der Waals surface area contributed by atoms with Crippen molar-refractivity contribution in [1.29, 1.82) is 0 Å². The molecule has 26 heavy (non-hydrogen) atoms. The van der Waals surface area contributed by atoms with Gasteiger partial charge in [-0.05, 0) is 30.3 Å². The summed E-state index contributed by atoms with van der Waals surface area (Å²) >= 11 is 0. The standard InChI is InChI=1S/C19H21N3O4/c1-24-17-7-5-4-6-16(17)22-12-21-14-10-13(8-9-15(14)22)19(23)20-11-18(25-2)26-3/h4-10,12,18H,11H2,1-3H3,(H,20,23). The van der Waals surface area contributed by atoms with Crippen LogP contribution in [0.15, 0.2) is 48.8 Å². The van der Waals surface area contributed by atoms with Gasteiger partial charge in [-0.15, -0.1) is 0 Å². The minimum Gasteiger partial charge on any atom is -0.495 e. The summed E-state index contributed by atoms with van der Waals surface area (Å²) in [5.41, 5.74) is 3.02. The Morgan fingerprint density at radius 2 is 1.92 bits per heavy atom. The van der Waals surface area contributed by atoms with Gasteiger partial charge < -0.3 is 19.5 Å². The first-order chi connectivity index (χ1) is 12.7. The third-order valence-corrected chi connectivity index (χ3v) is 4.11. The van der Waals surface area contributed by atoms with Crippen molar-refractivity contribution in [3.05, 3.63) is 54.4 Å². The largest absolute Gasteiger partial charge is 0.495 e. The Labute approximate surface area is 151 Å². The van der Waals surface area contributed by atoms with Crippen LogP contribution in [0.25, 0.3) is 16.7 Å². The quantitative estimate of drug-likeness (QED) is 0.659. The van der Waals surface area contributed by atoms with E-state index >= 15 is 0 Å². The second-order valence-electron chi connectivity index (χ2n) is 5.60. The number of imidazole rings is 1. The molecule has 1 heterocycles. The van der Waals surface area contributed by atoms with Crippen molar-refractivity contribution >= 4 is 16.9 Å². The van der Waals surface area contributed by atoms with E-state index in [4.69, 9.17) is 14.2 Å². The molecule has 7 nitrogen and oxygen atoms in total. The number of hydrogen-bond acceptors (Lipinski definition) is 5. The zero-order valence-electron chi connectivity index (χ0n) is 14.9. The molecule has 1 N–H and O–H groups in total. The first kappa shape index (κ1) is 17.9. The van der Waals surface area contributed by atoms with E-state index in [9.17, 15) is 4.79 Å². The van der Waals surface area contributed by atoms with Gasteiger partial charge in [-0.25, -0.2) is 4.98 Å². The lowest BCUT2D eigenvalue weighted by molar-refractivity contribution is -0.0974. The molecule has 0 aliphatic carbocycles. The van der Waals surface area contributed by atoms with Gasteiger partial charge in [0.1, 0.15) is 12.1 Å². The molecule has 0 saturated heterocycles. The molecular weight excluding hydrogens is 334 g/mol. The van der Waals surface area contributed by atoms with Crippen LogP contribution in [-0.4, -0.2) is 49.6 Å². The van der Waals surface area contributed by atoms with Gasteiger partial charge in [-0.3, -0.25) is 9.36 Å². The lowest BCUT2D eigenvalue weighted by Gasteiger charge is -2.14. The van der Waals surface area contributed by atoms with Crippen molar-refractivity contribution in [2.45, 2.75) is 6.29 Å². The average Bonchev–Trinajstić information content (AvgIpc) is 3.11. The number of benzene rings is 2. The number of amides is 1. The van der Waals surface area contributed by atoms with Crippen LogP contribution in [0, 0.1) is 0 Å². The predicted molar refractivity (Wildman–Crippen MR) is 97.8 cm³/mol. The Hall–Kier alpha value is -2.90. The monoisotopic (exact) mass is 355 g/mol. The molecule has 0 aliphatic rings. The van der Waals surface area contributed by atoms with Crippen LogP contribution >= 0.6 is 0 Å². The Morgan fingerprint density at radius 3 is 2.65 bits per heavy atom. The number of carbonyl (C=O) groups excluding carboxylic acids is 1. The van der Waals surface area contributed by atoms with E-state index in [1.165, 1.54) is 14.2 Å². The van der Waals surface area contributed by atoms with Crippen LogP contribution in [0.3, 0.4) is 0 Å². The number of hydrogen-bond donors (Lipinski definition) is 1. The molecule has 3 aromatic rings. The van der Waals surface area contributed by atoms with Crippen molar-refractivity contribution in [3.8, 4) is 11.4 Å². The van der Waals surface area contributed by atoms with Crippen molar-refractivity contribution < 1.29 is 19.0 Å². The zero-order chi connectivity index (χ0) is 18.5. The number of nitrogens with zero attached hydrogens (tertiary/aromatic N) is 2. The summed E-state index contributed by atoms with van der Waals surface area (Å²) < 4.78 is 17.5. The van der Waals surface area contributed by atoms with Crippen LogP contribution in [0.4, 0.5) is 0 Å². The van der Waals surface area contributed by atoms with Gasteiger partial charge in [-0.2, -0.15) is 0 Å². The number of ether oxygens (including phenoxy) is 3. The van der Waals surface area contributed by atoms with E-state index in [0.717, 1.165) is 22.5 Å². The van der Waals surface area contributed by atoms with Gasteiger partial charge in [0.25, 0.3) is 5.91 Å². The number of methoxy groups -OCH3 is 3. The molecule has 0 fully saturated rings. The van der Waals surface area contributed by atoms with E-state index in [1.807, 2.05) is 34.9 Å². The number of carbonyl (C=O) groups is 1. The Morgan fingerprint density at radius 1 is 1.15 bits per heavy atom. The van der Waals surface area contributed by atoms with Gasteiger partial charge in [0, 0.05) is 19.8 Å². The highest BCUT2D eigenvalue weighted by molar-refractivity contribution is 5.97. The van der Waals surface area contributed by atoms with E-state index < -0.39 is 6.29 Å². The van der Waals surface area contributed by atoms with E-state index in [2.05, 4.69) is 10.3 Å². The number of para-hydroxylation sites is 2. The smallest absolute Gasteiger partial charge is 0.251 e. The summed E-state index contributed by atoms with van der Waals surface area (Å²) in [6.07, 6.45) is 1.24. The fourth-order valence-electron chi connectivity index (χ4n) is 2.72. The molecule has 136 valence electrons. The van der Waals surface area contributed by atoms with Crippen molar-refractivity contribution in [2.75, 3.05) is 27.9 Å². The zero-order valence-corrected chi connectivity index (χ0v) is 14.9. The van der Waals surface area contributed by atoms with Crippen molar-refractivity contribution in [1.82, 2.24) is 14.9 Å². The Balaban J connectivity index is 1.86. The first-order valence-electron chi connectivity index (χ1n) is 8.12. The van der Waals surface area contributed by atoms with Gasteiger partial charge in [0.15, 0.2) is 6.29 Å². The molecule has 0 spiro atoms. The Bertz CT molecular complexity index is 903. The van der Waals surface area contributed by atoms with E-state index in [-0.39, 0.29) is 12.5 Å². The summed E-state index contributed by atoms with van der Waals surface area (Å²) in [4.78, 5) is 16.7.